The molecule has 2 aliphatic carbocycles. The SMILES string of the molecule is CC(CC(=O)O)C1CC1C1CC1. The van der Waals surface area contributed by atoms with Crippen LogP contribution >= 0.6 is 0 Å². The zero-order chi connectivity index (χ0) is 8.72. The molecular weight excluding hydrogens is 152 g/mol. The third-order valence-corrected chi connectivity index (χ3v) is 3.35. The van der Waals surface area contributed by atoms with Gasteiger partial charge in [0.1, 0.15) is 0 Å². The minimum absolute atomic E-state index is 0.369. The topological polar surface area (TPSA) is 37.3 Å². The normalized spacial score (nSPS) is 36.1. The van der Waals surface area contributed by atoms with Gasteiger partial charge in [0.2, 0.25) is 0 Å². The molecule has 2 nitrogen and oxygen atoms in total. The lowest BCUT2D eigenvalue weighted by Gasteiger charge is -2.06. The molecule has 12 heavy (non-hydrogen) atoms. The van der Waals surface area contributed by atoms with Crippen LogP contribution in [0.1, 0.15) is 32.6 Å². The first-order valence-electron chi connectivity index (χ1n) is 4.90. The Balaban J connectivity index is 1.75. The van der Waals surface area contributed by atoms with E-state index in [1.807, 2.05) is 0 Å². The molecule has 0 aliphatic heterocycles. The monoisotopic (exact) mass is 168 g/mol. The molecule has 2 saturated carbocycles. The molecule has 2 fully saturated rings. The minimum atomic E-state index is -0.635. The van der Waals surface area contributed by atoms with Crippen LogP contribution in [0.15, 0.2) is 0 Å². The maximum absolute atomic E-state index is 10.4. The summed E-state index contributed by atoms with van der Waals surface area (Å²) in [5, 5.41) is 8.60. The third-order valence-electron chi connectivity index (χ3n) is 3.35. The molecule has 2 heteroatoms. The molecule has 0 heterocycles. The largest absolute Gasteiger partial charge is 0.481 e. The number of hydrogen-bond acceptors (Lipinski definition) is 1. The molecule has 1 N–H and O–H groups in total. The van der Waals surface area contributed by atoms with Crippen molar-refractivity contribution in [1.82, 2.24) is 0 Å². The van der Waals surface area contributed by atoms with Crippen LogP contribution in [-0.4, -0.2) is 11.1 Å². The Hall–Kier alpha value is -0.530. The summed E-state index contributed by atoms with van der Waals surface area (Å²) in [7, 11) is 0. The van der Waals surface area contributed by atoms with Crippen LogP contribution in [0.3, 0.4) is 0 Å². The van der Waals surface area contributed by atoms with Crippen molar-refractivity contribution in [2.45, 2.75) is 32.6 Å². The van der Waals surface area contributed by atoms with Crippen molar-refractivity contribution < 1.29 is 9.90 Å². The third kappa shape index (κ3) is 1.62. The van der Waals surface area contributed by atoms with E-state index in [2.05, 4.69) is 6.92 Å². The van der Waals surface area contributed by atoms with E-state index in [0.717, 1.165) is 17.8 Å². The van der Waals surface area contributed by atoms with E-state index in [-0.39, 0.29) is 0 Å². The van der Waals surface area contributed by atoms with Gasteiger partial charge >= 0.3 is 5.97 Å². The van der Waals surface area contributed by atoms with Gasteiger partial charge in [0.05, 0.1) is 0 Å². The van der Waals surface area contributed by atoms with E-state index in [0.29, 0.717) is 12.3 Å². The summed E-state index contributed by atoms with van der Waals surface area (Å²) >= 11 is 0. The molecule has 0 aromatic carbocycles. The van der Waals surface area contributed by atoms with Crippen molar-refractivity contribution in [3.8, 4) is 0 Å². The molecule has 0 spiro atoms. The predicted molar refractivity (Wildman–Crippen MR) is 45.7 cm³/mol. The molecule has 0 aromatic rings. The molecule has 3 atom stereocenters. The summed E-state index contributed by atoms with van der Waals surface area (Å²) in [4.78, 5) is 10.4. The number of carbonyl (C=O) groups is 1. The van der Waals surface area contributed by atoms with Gasteiger partial charge in [-0.05, 0) is 42.9 Å². The summed E-state index contributed by atoms with van der Waals surface area (Å²) in [6, 6.07) is 0. The summed E-state index contributed by atoms with van der Waals surface area (Å²) in [5.41, 5.74) is 0. The van der Waals surface area contributed by atoms with Gasteiger partial charge in [0, 0.05) is 6.42 Å². The highest BCUT2D eigenvalue weighted by Gasteiger charge is 2.49. The van der Waals surface area contributed by atoms with Crippen LogP contribution in [0.4, 0.5) is 0 Å². The fraction of sp³-hybridized carbons (Fsp3) is 0.900. The number of rotatable bonds is 4. The lowest BCUT2D eigenvalue weighted by atomic mass is 9.99. The highest BCUT2D eigenvalue weighted by atomic mass is 16.4. The Bertz CT molecular complexity index is 196. The van der Waals surface area contributed by atoms with E-state index in [1.54, 1.807) is 0 Å². The number of hydrogen-bond donors (Lipinski definition) is 1. The standard InChI is InChI=1S/C10H16O2/c1-6(4-10(11)12)8-5-9(8)7-2-3-7/h6-9H,2-5H2,1H3,(H,11,12). The smallest absolute Gasteiger partial charge is 0.303 e. The van der Waals surface area contributed by atoms with E-state index in [9.17, 15) is 4.79 Å². The lowest BCUT2D eigenvalue weighted by Crippen LogP contribution is -2.07. The van der Waals surface area contributed by atoms with Crippen molar-refractivity contribution in [2.24, 2.45) is 23.7 Å². The first-order chi connectivity index (χ1) is 5.68. The number of carboxylic acid groups (broad SMARTS) is 1. The number of aliphatic carboxylic acids is 1. The zero-order valence-electron chi connectivity index (χ0n) is 7.49. The van der Waals surface area contributed by atoms with Gasteiger partial charge in [-0.15, -0.1) is 0 Å². The van der Waals surface area contributed by atoms with Crippen molar-refractivity contribution in [1.29, 1.82) is 0 Å². The van der Waals surface area contributed by atoms with Crippen LogP contribution in [-0.2, 0) is 4.79 Å². The van der Waals surface area contributed by atoms with Gasteiger partial charge in [-0.1, -0.05) is 6.92 Å². The Kier molecular flexibility index (Phi) is 1.85. The van der Waals surface area contributed by atoms with E-state index < -0.39 is 5.97 Å². The molecule has 0 radical (unpaired) electrons. The van der Waals surface area contributed by atoms with Crippen molar-refractivity contribution in [3.63, 3.8) is 0 Å². The zero-order valence-corrected chi connectivity index (χ0v) is 7.49. The van der Waals surface area contributed by atoms with Crippen molar-refractivity contribution >= 4 is 5.97 Å². The fourth-order valence-corrected chi connectivity index (χ4v) is 2.38. The van der Waals surface area contributed by atoms with Gasteiger partial charge in [-0.25, -0.2) is 0 Å². The van der Waals surface area contributed by atoms with E-state index in [4.69, 9.17) is 5.11 Å². The van der Waals surface area contributed by atoms with Gasteiger partial charge in [-0.2, -0.15) is 0 Å². The average molecular weight is 168 g/mol. The van der Waals surface area contributed by atoms with E-state index >= 15 is 0 Å². The second-order valence-electron chi connectivity index (χ2n) is 4.48. The van der Waals surface area contributed by atoms with Crippen LogP contribution in [0.25, 0.3) is 0 Å². The van der Waals surface area contributed by atoms with Gasteiger partial charge in [0.15, 0.2) is 0 Å². The maximum Gasteiger partial charge on any atom is 0.303 e. The van der Waals surface area contributed by atoms with Gasteiger partial charge < -0.3 is 5.11 Å². The average Bonchev–Trinajstić information content (AvgIpc) is 2.81. The van der Waals surface area contributed by atoms with Crippen molar-refractivity contribution in [2.75, 3.05) is 0 Å². The quantitative estimate of drug-likeness (QED) is 0.698. The van der Waals surface area contributed by atoms with Gasteiger partial charge in [-0.3, -0.25) is 4.79 Å². The van der Waals surface area contributed by atoms with Crippen LogP contribution in [0, 0.1) is 23.7 Å². The molecule has 2 aliphatic rings. The molecule has 0 aromatic heterocycles. The van der Waals surface area contributed by atoms with Crippen LogP contribution in [0.5, 0.6) is 0 Å². The summed E-state index contributed by atoms with van der Waals surface area (Å²) in [6.45, 7) is 2.08. The maximum atomic E-state index is 10.4. The van der Waals surface area contributed by atoms with Crippen LogP contribution < -0.4 is 0 Å². The Morgan fingerprint density at radius 1 is 1.58 bits per heavy atom. The lowest BCUT2D eigenvalue weighted by molar-refractivity contribution is -0.138. The molecule has 0 saturated heterocycles. The molecule has 0 bridgehead atoms. The highest BCUT2D eigenvalue weighted by Crippen LogP contribution is 2.57. The van der Waals surface area contributed by atoms with Gasteiger partial charge in [0.25, 0.3) is 0 Å². The second-order valence-corrected chi connectivity index (χ2v) is 4.48. The fourth-order valence-electron chi connectivity index (χ4n) is 2.38. The molecule has 0 amide bonds. The second kappa shape index (κ2) is 2.75. The molecular formula is C10H16O2. The first-order valence-corrected chi connectivity index (χ1v) is 4.90. The van der Waals surface area contributed by atoms with E-state index in [1.165, 1.54) is 19.3 Å². The minimum Gasteiger partial charge on any atom is -0.481 e. The predicted octanol–water partition coefficient (Wildman–Crippen LogP) is 2.14. The van der Waals surface area contributed by atoms with Crippen molar-refractivity contribution in [3.05, 3.63) is 0 Å². The Morgan fingerprint density at radius 2 is 2.25 bits per heavy atom. The highest BCUT2D eigenvalue weighted by molar-refractivity contribution is 5.67. The summed E-state index contributed by atoms with van der Waals surface area (Å²) in [5.74, 6) is 2.40. The summed E-state index contributed by atoms with van der Waals surface area (Å²) < 4.78 is 0. The Morgan fingerprint density at radius 3 is 2.75 bits per heavy atom. The number of carboxylic acids is 1. The summed E-state index contributed by atoms with van der Waals surface area (Å²) in [6.07, 6.45) is 4.48. The Labute approximate surface area is 73.0 Å². The molecule has 68 valence electrons. The molecule has 3 unspecified atom stereocenters. The van der Waals surface area contributed by atoms with Crippen LogP contribution in [0.2, 0.25) is 0 Å². The molecule has 2 rings (SSSR count). The first kappa shape index (κ1) is 8.09.